The van der Waals surface area contributed by atoms with Crippen molar-refractivity contribution in [1.82, 2.24) is 0 Å². The van der Waals surface area contributed by atoms with E-state index in [0.717, 1.165) is 83.5 Å². The molecule has 3 aromatic rings. The highest BCUT2D eigenvalue weighted by atomic mass is 16.6. The summed E-state index contributed by atoms with van der Waals surface area (Å²) in [4.78, 5) is 74.2. The largest absolute Gasteiger partial charge is 0.461 e. The molecular formula is C52H74O12. The van der Waals surface area contributed by atoms with Crippen molar-refractivity contribution in [2.24, 2.45) is 17.8 Å². The molecule has 12 nitrogen and oxygen atoms in total. The Morgan fingerprint density at radius 3 is 0.984 bits per heavy atom. The van der Waals surface area contributed by atoms with Gasteiger partial charge in [0.05, 0.1) is 34.4 Å². The maximum Gasteiger partial charge on any atom is 0.338 e. The van der Waals surface area contributed by atoms with E-state index in [2.05, 4.69) is 0 Å². The van der Waals surface area contributed by atoms with Gasteiger partial charge in [-0.25, -0.2) is 14.4 Å². The molecular weight excluding hydrogens is 817 g/mol. The van der Waals surface area contributed by atoms with Gasteiger partial charge in [0.1, 0.15) is 26.4 Å². The number of hydrogen-bond acceptors (Lipinski definition) is 12. The van der Waals surface area contributed by atoms with Crippen molar-refractivity contribution in [3.8, 4) is 0 Å². The molecule has 3 saturated carbocycles. The quantitative estimate of drug-likeness (QED) is 0.0991. The second kappa shape index (κ2) is 31.3. The standard InChI is InChI=1S/C24H38O6.C24H20O6.4CH4/c2*25-22(18-10-4-1-5-11-18)28-16-21(30-24(27)20-14-8-3-9-15-20)17-29-23(26)19-12-6-2-7-13-19;;;;/h18-21H,1-17H2;1-15,21H,16-17H2;4*1H4. The van der Waals surface area contributed by atoms with Crippen molar-refractivity contribution < 1.29 is 57.2 Å². The lowest BCUT2D eigenvalue weighted by Gasteiger charge is -2.26. The van der Waals surface area contributed by atoms with E-state index in [1.807, 2.05) is 0 Å². The van der Waals surface area contributed by atoms with E-state index >= 15 is 0 Å². The molecule has 0 N–H and O–H groups in total. The van der Waals surface area contributed by atoms with Crippen LogP contribution in [0.2, 0.25) is 0 Å². The van der Waals surface area contributed by atoms with Gasteiger partial charge in [0, 0.05) is 0 Å². The third-order valence-electron chi connectivity index (χ3n) is 11.0. The molecule has 64 heavy (non-hydrogen) atoms. The summed E-state index contributed by atoms with van der Waals surface area (Å²) in [6.07, 6.45) is 13.2. The molecule has 0 unspecified atom stereocenters. The minimum absolute atomic E-state index is 0. The third kappa shape index (κ3) is 19.5. The van der Waals surface area contributed by atoms with Crippen LogP contribution in [-0.4, -0.2) is 74.5 Å². The van der Waals surface area contributed by atoms with Crippen LogP contribution >= 0.6 is 0 Å². The van der Waals surface area contributed by atoms with E-state index in [4.69, 9.17) is 28.4 Å². The molecule has 0 radical (unpaired) electrons. The minimum Gasteiger partial charge on any atom is -0.461 e. The predicted octanol–water partition coefficient (Wildman–Crippen LogP) is 11.2. The van der Waals surface area contributed by atoms with E-state index in [-0.39, 0.29) is 91.8 Å². The van der Waals surface area contributed by atoms with Crippen molar-refractivity contribution in [2.45, 2.75) is 138 Å². The number of carbonyl (C=O) groups is 6. The Labute approximate surface area is 382 Å². The summed E-state index contributed by atoms with van der Waals surface area (Å²) in [6, 6.07) is 25.3. The molecule has 0 aliphatic heterocycles. The summed E-state index contributed by atoms with van der Waals surface area (Å²) in [7, 11) is 0. The molecule has 12 heteroatoms. The predicted molar refractivity (Wildman–Crippen MR) is 248 cm³/mol. The first-order valence-electron chi connectivity index (χ1n) is 21.5. The van der Waals surface area contributed by atoms with E-state index in [1.54, 1.807) is 91.0 Å². The Kier molecular flexibility index (Phi) is 27.7. The molecule has 0 amide bonds. The van der Waals surface area contributed by atoms with Crippen LogP contribution < -0.4 is 0 Å². The maximum atomic E-state index is 12.6. The number of rotatable bonds is 16. The summed E-state index contributed by atoms with van der Waals surface area (Å²) in [5.41, 5.74) is 1.07. The zero-order chi connectivity index (χ0) is 42.4. The molecule has 0 heterocycles. The van der Waals surface area contributed by atoms with Crippen molar-refractivity contribution in [2.75, 3.05) is 26.4 Å². The average molecular weight is 891 g/mol. The van der Waals surface area contributed by atoms with Gasteiger partial charge in [-0.05, 0) is 74.9 Å². The van der Waals surface area contributed by atoms with Gasteiger partial charge < -0.3 is 28.4 Å². The zero-order valence-corrected chi connectivity index (χ0v) is 34.4. The molecule has 6 rings (SSSR count). The molecule has 0 spiro atoms. The fourth-order valence-corrected chi connectivity index (χ4v) is 7.54. The number of hydrogen-bond donors (Lipinski definition) is 0. The van der Waals surface area contributed by atoms with Crippen LogP contribution in [0.25, 0.3) is 0 Å². The van der Waals surface area contributed by atoms with Crippen LogP contribution in [0.15, 0.2) is 91.0 Å². The number of ether oxygens (including phenoxy) is 6. The first-order valence-corrected chi connectivity index (χ1v) is 21.5. The molecule has 3 fully saturated rings. The van der Waals surface area contributed by atoms with Crippen LogP contribution in [0.1, 0.15) is 157 Å². The van der Waals surface area contributed by atoms with Gasteiger partial charge in [-0.1, -0.05) is 142 Å². The monoisotopic (exact) mass is 891 g/mol. The summed E-state index contributed by atoms with van der Waals surface area (Å²) in [5, 5.41) is 0. The van der Waals surface area contributed by atoms with Crippen LogP contribution in [0.4, 0.5) is 0 Å². The molecule has 0 saturated heterocycles. The van der Waals surface area contributed by atoms with Crippen LogP contribution in [0, 0.1) is 17.8 Å². The first-order chi connectivity index (χ1) is 29.3. The van der Waals surface area contributed by atoms with E-state index in [9.17, 15) is 28.8 Å². The maximum absolute atomic E-state index is 12.6. The molecule has 3 aliphatic rings. The Morgan fingerprint density at radius 1 is 0.359 bits per heavy atom. The molecule has 354 valence electrons. The molecule has 0 atom stereocenters. The first kappa shape index (κ1) is 56.5. The van der Waals surface area contributed by atoms with Gasteiger partial charge in [0.25, 0.3) is 0 Å². The zero-order valence-electron chi connectivity index (χ0n) is 34.4. The Bertz CT molecular complexity index is 1690. The normalized spacial score (nSPS) is 15.1. The fourth-order valence-electron chi connectivity index (χ4n) is 7.54. The number of benzene rings is 3. The van der Waals surface area contributed by atoms with E-state index in [1.165, 1.54) is 12.8 Å². The van der Waals surface area contributed by atoms with Gasteiger partial charge in [0.15, 0.2) is 12.2 Å². The molecule has 3 aliphatic carbocycles. The number of carbonyl (C=O) groups excluding carboxylic acids is 6. The van der Waals surface area contributed by atoms with E-state index < -0.39 is 30.1 Å². The van der Waals surface area contributed by atoms with Gasteiger partial charge in [0.2, 0.25) is 0 Å². The average Bonchev–Trinajstić information content (AvgIpc) is 3.32. The summed E-state index contributed by atoms with van der Waals surface area (Å²) >= 11 is 0. The summed E-state index contributed by atoms with van der Waals surface area (Å²) < 4.78 is 32.6. The highest BCUT2D eigenvalue weighted by Crippen LogP contribution is 2.28. The lowest BCUT2D eigenvalue weighted by molar-refractivity contribution is -0.173. The second-order valence-electron chi connectivity index (χ2n) is 15.6. The summed E-state index contributed by atoms with van der Waals surface area (Å²) in [5.74, 6) is -2.62. The fraction of sp³-hybridized carbons (Fsp3) is 0.538. The van der Waals surface area contributed by atoms with Gasteiger partial charge >= 0.3 is 35.8 Å². The third-order valence-corrected chi connectivity index (χ3v) is 11.0. The Balaban J connectivity index is 0.000000602. The van der Waals surface area contributed by atoms with Crippen LogP contribution in [0.5, 0.6) is 0 Å². The SMILES string of the molecule is C.C.C.C.O=C(OCC(COC(=O)C1CCCCC1)OC(=O)C1CCCCC1)C1CCCCC1.O=C(OCC(COC(=O)c1ccccc1)OC(=O)c1ccccc1)c1ccccc1. The lowest BCUT2D eigenvalue weighted by Crippen LogP contribution is -2.35. The van der Waals surface area contributed by atoms with E-state index in [0.29, 0.717) is 16.7 Å². The topological polar surface area (TPSA) is 158 Å². The molecule has 0 aromatic heterocycles. The van der Waals surface area contributed by atoms with Crippen molar-refractivity contribution in [3.05, 3.63) is 108 Å². The van der Waals surface area contributed by atoms with Crippen molar-refractivity contribution >= 4 is 35.8 Å². The highest BCUT2D eigenvalue weighted by Gasteiger charge is 2.30. The Morgan fingerprint density at radius 2 is 0.641 bits per heavy atom. The molecule has 0 bridgehead atoms. The van der Waals surface area contributed by atoms with Gasteiger partial charge in [-0.2, -0.15) is 0 Å². The summed E-state index contributed by atoms with van der Waals surface area (Å²) in [6.45, 7) is -0.583. The van der Waals surface area contributed by atoms with Crippen molar-refractivity contribution in [3.63, 3.8) is 0 Å². The minimum atomic E-state index is -0.960. The Hall–Kier alpha value is -5.52. The highest BCUT2D eigenvalue weighted by molar-refractivity contribution is 5.91. The van der Waals surface area contributed by atoms with Gasteiger partial charge in [-0.3, -0.25) is 14.4 Å². The van der Waals surface area contributed by atoms with Crippen LogP contribution in [0.3, 0.4) is 0 Å². The lowest BCUT2D eigenvalue weighted by atomic mass is 9.89. The number of esters is 6. The second-order valence-corrected chi connectivity index (χ2v) is 15.6. The van der Waals surface area contributed by atoms with Crippen molar-refractivity contribution in [1.29, 1.82) is 0 Å². The van der Waals surface area contributed by atoms with Crippen LogP contribution in [-0.2, 0) is 42.8 Å². The smallest absolute Gasteiger partial charge is 0.338 e. The molecule has 3 aromatic carbocycles. The van der Waals surface area contributed by atoms with Gasteiger partial charge in [-0.15, -0.1) is 0 Å².